The summed E-state index contributed by atoms with van der Waals surface area (Å²) < 4.78 is 0. The molecule has 3 heterocycles. The second kappa shape index (κ2) is 7.93. The Bertz CT molecular complexity index is 1330. The van der Waals surface area contributed by atoms with Gasteiger partial charge in [-0.2, -0.15) is 0 Å². The number of carbonyl (C=O) groups excluding carboxylic acids is 1. The zero-order valence-electron chi connectivity index (χ0n) is 18.7. The Morgan fingerprint density at radius 1 is 0.970 bits per heavy atom. The van der Waals surface area contributed by atoms with Gasteiger partial charge in [0.1, 0.15) is 17.0 Å². The SMILES string of the molecule is Cc1c(C(=O)NC2c3ccccc3-c3ccccc32)sc2ncnc(N3CCN(C)CC3)c12. The lowest BCUT2D eigenvalue weighted by Gasteiger charge is -2.33. The number of rotatable bonds is 3. The molecule has 0 bridgehead atoms. The quantitative estimate of drug-likeness (QED) is 0.500. The molecule has 166 valence electrons. The van der Waals surface area contributed by atoms with Crippen LogP contribution in [-0.4, -0.2) is 54.0 Å². The minimum atomic E-state index is -0.155. The minimum absolute atomic E-state index is 0.0590. The van der Waals surface area contributed by atoms with E-state index in [1.54, 1.807) is 6.33 Å². The van der Waals surface area contributed by atoms with Crippen molar-refractivity contribution in [2.75, 3.05) is 38.1 Å². The van der Waals surface area contributed by atoms with E-state index in [0.29, 0.717) is 4.88 Å². The highest BCUT2D eigenvalue weighted by molar-refractivity contribution is 7.20. The molecule has 1 fully saturated rings. The highest BCUT2D eigenvalue weighted by Crippen LogP contribution is 2.43. The van der Waals surface area contributed by atoms with Crippen LogP contribution >= 0.6 is 11.3 Å². The Morgan fingerprint density at radius 2 is 1.61 bits per heavy atom. The topological polar surface area (TPSA) is 61.4 Å². The fraction of sp³-hybridized carbons (Fsp3) is 0.269. The first-order valence-corrected chi connectivity index (χ1v) is 12.1. The fourth-order valence-corrected chi connectivity index (χ4v) is 6.08. The van der Waals surface area contributed by atoms with Crippen LogP contribution < -0.4 is 10.2 Å². The van der Waals surface area contributed by atoms with Crippen LogP contribution in [0.25, 0.3) is 21.3 Å². The normalized spacial score (nSPS) is 16.1. The molecule has 1 saturated heterocycles. The second-order valence-corrected chi connectivity index (χ2v) is 9.80. The monoisotopic (exact) mass is 455 g/mol. The van der Waals surface area contributed by atoms with E-state index >= 15 is 0 Å². The van der Waals surface area contributed by atoms with Crippen molar-refractivity contribution in [2.45, 2.75) is 13.0 Å². The lowest BCUT2D eigenvalue weighted by molar-refractivity contribution is 0.0947. The molecule has 1 aliphatic carbocycles. The number of amides is 1. The molecular weight excluding hydrogens is 430 g/mol. The summed E-state index contributed by atoms with van der Waals surface area (Å²) in [6.07, 6.45) is 1.62. The van der Waals surface area contributed by atoms with Crippen molar-refractivity contribution >= 4 is 33.3 Å². The van der Waals surface area contributed by atoms with Crippen molar-refractivity contribution < 1.29 is 4.79 Å². The number of nitrogens with zero attached hydrogens (tertiary/aromatic N) is 4. The summed E-state index contributed by atoms with van der Waals surface area (Å²) in [5, 5.41) is 4.32. The van der Waals surface area contributed by atoms with Gasteiger partial charge in [0.25, 0.3) is 5.91 Å². The van der Waals surface area contributed by atoms with Gasteiger partial charge in [-0.15, -0.1) is 11.3 Å². The summed E-state index contributed by atoms with van der Waals surface area (Å²) >= 11 is 1.46. The van der Waals surface area contributed by atoms with Crippen molar-refractivity contribution in [1.29, 1.82) is 0 Å². The standard InChI is InChI=1S/C26H25N5OS/c1-16-21-24(31-13-11-30(2)12-14-31)27-15-28-26(21)33-23(16)25(32)29-22-19-9-5-3-7-17(19)18-8-4-6-10-20(18)22/h3-10,15,22H,11-14H2,1-2H3,(H,29,32). The Balaban J connectivity index is 1.36. The van der Waals surface area contributed by atoms with Crippen molar-refractivity contribution in [3.63, 3.8) is 0 Å². The van der Waals surface area contributed by atoms with Crippen molar-refractivity contribution in [3.05, 3.63) is 76.4 Å². The van der Waals surface area contributed by atoms with Crippen molar-refractivity contribution in [3.8, 4) is 11.1 Å². The maximum Gasteiger partial charge on any atom is 0.262 e. The summed E-state index contributed by atoms with van der Waals surface area (Å²) in [4.78, 5) is 28.9. The highest BCUT2D eigenvalue weighted by Gasteiger charge is 2.31. The highest BCUT2D eigenvalue weighted by atomic mass is 32.1. The van der Waals surface area contributed by atoms with Gasteiger partial charge in [-0.1, -0.05) is 48.5 Å². The first kappa shape index (κ1) is 20.3. The van der Waals surface area contributed by atoms with E-state index in [-0.39, 0.29) is 11.9 Å². The average molecular weight is 456 g/mol. The van der Waals surface area contributed by atoms with E-state index in [9.17, 15) is 4.79 Å². The van der Waals surface area contributed by atoms with Gasteiger partial charge in [0.2, 0.25) is 0 Å². The van der Waals surface area contributed by atoms with Gasteiger partial charge in [-0.05, 0) is 41.8 Å². The van der Waals surface area contributed by atoms with E-state index in [4.69, 9.17) is 0 Å². The molecule has 0 spiro atoms. The van der Waals surface area contributed by atoms with E-state index in [1.807, 2.05) is 19.1 Å². The van der Waals surface area contributed by atoms with Gasteiger partial charge in [0.05, 0.1) is 16.3 Å². The summed E-state index contributed by atoms with van der Waals surface area (Å²) in [5.41, 5.74) is 5.62. The predicted molar refractivity (Wildman–Crippen MR) is 133 cm³/mol. The molecule has 6 nitrogen and oxygen atoms in total. The van der Waals surface area contributed by atoms with Crippen LogP contribution in [0.5, 0.6) is 0 Å². The third kappa shape index (κ3) is 3.31. The van der Waals surface area contributed by atoms with Crippen molar-refractivity contribution in [2.24, 2.45) is 0 Å². The minimum Gasteiger partial charge on any atom is -0.353 e. The fourth-order valence-electron chi connectivity index (χ4n) is 5.04. The number of hydrogen-bond donors (Lipinski definition) is 1. The first-order valence-electron chi connectivity index (χ1n) is 11.3. The van der Waals surface area contributed by atoms with Gasteiger partial charge < -0.3 is 15.1 Å². The number of carbonyl (C=O) groups is 1. The Kier molecular flexibility index (Phi) is 4.89. The largest absolute Gasteiger partial charge is 0.353 e. The van der Waals surface area contributed by atoms with Gasteiger partial charge in [0, 0.05) is 26.2 Å². The smallest absolute Gasteiger partial charge is 0.262 e. The van der Waals surface area contributed by atoms with Crippen LogP contribution in [0.3, 0.4) is 0 Å². The molecule has 1 amide bonds. The number of benzene rings is 2. The lowest BCUT2D eigenvalue weighted by atomic mass is 10.1. The number of fused-ring (bicyclic) bond motifs is 4. The van der Waals surface area contributed by atoms with Crippen LogP contribution in [0, 0.1) is 6.92 Å². The van der Waals surface area contributed by atoms with Crippen LogP contribution in [0.4, 0.5) is 5.82 Å². The van der Waals surface area contributed by atoms with Crippen LogP contribution in [0.2, 0.25) is 0 Å². The van der Waals surface area contributed by atoms with Crippen LogP contribution in [0.15, 0.2) is 54.9 Å². The maximum atomic E-state index is 13.6. The number of thiophene rings is 1. The molecule has 0 atom stereocenters. The van der Waals surface area contributed by atoms with Crippen molar-refractivity contribution in [1.82, 2.24) is 20.2 Å². The Hall–Kier alpha value is -3.29. The number of aromatic nitrogens is 2. The molecular formula is C26H25N5OS. The number of piperazine rings is 1. The molecule has 0 saturated carbocycles. The first-order chi connectivity index (χ1) is 16.1. The predicted octanol–water partition coefficient (Wildman–Crippen LogP) is 4.25. The number of aryl methyl sites for hydroxylation is 1. The van der Waals surface area contributed by atoms with E-state index in [1.165, 1.54) is 22.5 Å². The van der Waals surface area contributed by atoms with Gasteiger partial charge in [0.15, 0.2) is 0 Å². The second-order valence-electron chi connectivity index (χ2n) is 8.80. The van der Waals surface area contributed by atoms with Gasteiger partial charge in [-0.3, -0.25) is 4.79 Å². The molecule has 33 heavy (non-hydrogen) atoms. The molecule has 2 aromatic carbocycles. The molecule has 2 aromatic heterocycles. The number of nitrogens with one attached hydrogen (secondary N) is 1. The Morgan fingerprint density at radius 3 is 2.27 bits per heavy atom. The summed E-state index contributed by atoms with van der Waals surface area (Å²) in [6.45, 7) is 5.88. The molecule has 7 heteroatoms. The number of hydrogen-bond acceptors (Lipinski definition) is 6. The molecule has 1 aliphatic heterocycles. The van der Waals surface area contributed by atoms with Gasteiger partial charge in [-0.25, -0.2) is 9.97 Å². The van der Waals surface area contributed by atoms with E-state index in [2.05, 4.69) is 68.5 Å². The molecule has 0 radical (unpaired) electrons. The zero-order chi connectivity index (χ0) is 22.5. The average Bonchev–Trinajstić information content (AvgIpc) is 3.35. The molecule has 1 N–H and O–H groups in total. The summed E-state index contributed by atoms with van der Waals surface area (Å²) in [6, 6.07) is 16.5. The Labute approximate surface area is 196 Å². The van der Waals surface area contributed by atoms with E-state index in [0.717, 1.165) is 58.9 Å². The molecule has 2 aliphatic rings. The van der Waals surface area contributed by atoms with Crippen LogP contribution in [0.1, 0.15) is 32.4 Å². The third-order valence-electron chi connectivity index (χ3n) is 6.83. The summed E-state index contributed by atoms with van der Waals surface area (Å²) in [5.74, 6) is 0.883. The molecule has 0 unspecified atom stereocenters. The molecule has 4 aromatic rings. The number of likely N-dealkylation sites (N-methyl/N-ethyl adjacent to an activating group) is 1. The maximum absolute atomic E-state index is 13.6. The third-order valence-corrected chi connectivity index (χ3v) is 8.02. The van der Waals surface area contributed by atoms with E-state index < -0.39 is 0 Å². The summed E-state index contributed by atoms with van der Waals surface area (Å²) in [7, 11) is 2.14. The number of anilines is 1. The zero-order valence-corrected chi connectivity index (χ0v) is 19.5. The molecule has 6 rings (SSSR count). The van der Waals surface area contributed by atoms with Crippen LogP contribution in [-0.2, 0) is 0 Å². The lowest BCUT2D eigenvalue weighted by Crippen LogP contribution is -2.44. The van der Waals surface area contributed by atoms with Gasteiger partial charge >= 0.3 is 0 Å².